The molecule has 12 heteroatoms. The number of aliphatic carboxylic acids is 1. The Labute approximate surface area is 239 Å². The van der Waals surface area contributed by atoms with Crippen LogP contribution in [0.4, 0.5) is 0 Å². The highest BCUT2D eigenvalue weighted by atomic mass is 16.4. The van der Waals surface area contributed by atoms with Gasteiger partial charge in [0.2, 0.25) is 17.7 Å². The van der Waals surface area contributed by atoms with Gasteiger partial charge in [-0.1, -0.05) is 45.9 Å². The molecule has 3 rings (SSSR count). The molecule has 0 aliphatic heterocycles. The lowest BCUT2D eigenvalue weighted by Crippen LogP contribution is -2.58. The number of fused-ring (bicyclic) bond motifs is 1. The molecular formula is C29H41N7O5. The average Bonchev–Trinajstić information content (AvgIpc) is 3.56. The Morgan fingerprint density at radius 2 is 1.49 bits per heavy atom. The fourth-order valence-corrected chi connectivity index (χ4v) is 4.69. The van der Waals surface area contributed by atoms with Crippen molar-refractivity contribution >= 4 is 34.6 Å². The molecule has 0 bridgehead atoms. The SMILES string of the molecule is CC(C)CC(N)C(=O)NC(CC(C)C)C(=O)NC(Cc1cnc[nH]1)C(=O)NC(Cc1c[nH]c2ccccc12)C(=O)O. The molecule has 3 amide bonds. The standard InChI is InChI=1S/C29H41N7O5/c1-16(2)9-21(30)26(37)34-23(10-17(3)4)27(38)35-24(12-19-14-31-15-33-19)28(39)36-25(29(40)41)11-18-13-32-22-8-6-5-7-20(18)22/h5-8,13-17,21,23-25,32H,9-12,30H2,1-4H3,(H,31,33)(H,34,37)(H,35,38)(H,36,39)(H,40,41). The number of aromatic nitrogens is 3. The second kappa shape index (κ2) is 14.4. The third-order valence-electron chi connectivity index (χ3n) is 6.73. The van der Waals surface area contributed by atoms with Crippen LogP contribution in [0, 0.1) is 11.8 Å². The molecule has 2 aromatic heterocycles. The minimum atomic E-state index is -1.25. The van der Waals surface area contributed by atoms with Crippen molar-refractivity contribution in [3.05, 3.63) is 54.2 Å². The van der Waals surface area contributed by atoms with E-state index < -0.39 is 47.9 Å². The first-order chi connectivity index (χ1) is 19.4. The zero-order valence-electron chi connectivity index (χ0n) is 23.9. The van der Waals surface area contributed by atoms with E-state index in [0.29, 0.717) is 18.5 Å². The van der Waals surface area contributed by atoms with E-state index in [1.54, 1.807) is 6.20 Å². The van der Waals surface area contributed by atoms with Crippen molar-refractivity contribution in [2.45, 2.75) is 77.5 Å². The molecule has 0 aliphatic carbocycles. The van der Waals surface area contributed by atoms with E-state index in [0.717, 1.165) is 16.5 Å². The Hall–Kier alpha value is -4.19. The highest BCUT2D eigenvalue weighted by molar-refractivity contribution is 5.94. The van der Waals surface area contributed by atoms with Crippen LogP contribution < -0.4 is 21.7 Å². The van der Waals surface area contributed by atoms with E-state index >= 15 is 0 Å². The Bertz CT molecular complexity index is 1320. The zero-order valence-corrected chi connectivity index (χ0v) is 23.9. The van der Waals surface area contributed by atoms with Gasteiger partial charge in [-0.15, -0.1) is 0 Å². The Morgan fingerprint density at radius 1 is 0.854 bits per heavy atom. The van der Waals surface area contributed by atoms with Crippen LogP contribution in [0.15, 0.2) is 43.0 Å². The number of benzene rings is 1. The number of amides is 3. The number of aromatic amines is 2. The lowest BCUT2D eigenvalue weighted by Gasteiger charge is -2.26. The second-order valence-corrected chi connectivity index (χ2v) is 11.2. The fraction of sp³-hybridized carbons (Fsp3) is 0.483. The number of hydrogen-bond donors (Lipinski definition) is 7. The summed E-state index contributed by atoms with van der Waals surface area (Å²) < 4.78 is 0. The number of nitrogens with one attached hydrogen (secondary N) is 5. The van der Waals surface area contributed by atoms with Crippen molar-refractivity contribution in [1.29, 1.82) is 0 Å². The molecule has 12 nitrogen and oxygen atoms in total. The van der Waals surface area contributed by atoms with Crippen LogP contribution in [0.25, 0.3) is 10.9 Å². The number of carboxylic acid groups (broad SMARTS) is 1. The number of nitrogens with two attached hydrogens (primary N) is 1. The molecule has 222 valence electrons. The maximum absolute atomic E-state index is 13.5. The summed E-state index contributed by atoms with van der Waals surface area (Å²) in [7, 11) is 0. The molecule has 41 heavy (non-hydrogen) atoms. The first-order valence-electron chi connectivity index (χ1n) is 13.9. The molecule has 3 aromatic rings. The summed E-state index contributed by atoms with van der Waals surface area (Å²) in [6.45, 7) is 7.73. The molecule has 0 aliphatic rings. The van der Waals surface area contributed by atoms with Gasteiger partial charge in [0.25, 0.3) is 0 Å². The Kier molecular flexibility index (Phi) is 11.0. The molecule has 0 saturated heterocycles. The summed E-state index contributed by atoms with van der Waals surface area (Å²) in [5.74, 6) is -2.64. The maximum Gasteiger partial charge on any atom is 0.326 e. The van der Waals surface area contributed by atoms with E-state index in [9.17, 15) is 24.3 Å². The first kappa shape index (κ1) is 31.3. The van der Waals surface area contributed by atoms with Gasteiger partial charge in [-0.05, 0) is 36.3 Å². The number of H-pyrrole nitrogens is 2. The van der Waals surface area contributed by atoms with Crippen molar-refractivity contribution in [3.8, 4) is 0 Å². The monoisotopic (exact) mass is 567 g/mol. The fourth-order valence-electron chi connectivity index (χ4n) is 4.69. The molecule has 0 fully saturated rings. The van der Waals surface area contributed by atoms with Gasteiger partial charge in [-0.3, -0.25) is 14.4 Å². The first-order valence-corrected chi connectivity index (χ1v) is 13.9. The summed E-state index contributed by atoms with van der Waals surface area (Å²) in [5, 5.41) is 18.8. The summed E-state index contributed by atoms with van der Waals surface area (Å²) in [6, 6.07) is 3.39. The van der Waals surface area contributed by atoms with Gasteiger partial charge >= 0.3 is 5.97 Å². The minimum absolute atomic E-state index is 0.0339. The molecule has 1 aromatic carbocycles. The van der Waals surface area contributed by atoms with Crippen LogP contribution in [-0.4, -0.2) is 67.9 Å². The van der Waals surface area contributed by atoms with Gasteiger partial charge in [-0.25, -0.2) is 9.78 Å². The quantitative estimate of drug-likeness (QED) is 0.145. The van der Waals surface area contributed by atoms with Crippen LogP contribution in [0.3, 0.4) is 0 Å². The highest BCUT2D eigenvalue weighted by Crippen LogP contribution is 2.19. The Morgan fingerprint density at radius 3 is 2.12 bits per heavy atom. The molecule has 0 saturated carbocycles. The van der Waals surface area contributed by atoms with Crippen molar-refractivity contribution < 1.29 is 24.3 Å². The maximum atomic E-state index is 13.5. The number of hydrogen-bond acceptors (Lipinski definition) is 6. The number of carbonyl (C=O) groups excluding carboxylic acids is 3. The lowest BCUT2D eigenvalue weighted by molar-refractivity contribution is -0.142. The smallest absolute Gasteiger partial charge is 0.326 e. The Balaban J connectivity index is 1.78. The molecule has 4 unspecified atom stereocenters. The van der Waals surface area contributed by atoms with E-state index in [2.05, 4.69) is 30.9 Å². The van der Waals surface area contributed by atoms with Crippen molar-refractivity contribution in [2.24, 2.45) is 17.6 Å². The van der Waals surface area contributed by atoms with Gasteiger partial charge in [-0.2, -0.15) is 0 Å². The number of imidazole rings is 1. The van der Waals surface area contributed by atoms with Gasteiger partial charge in [0, 0.05) is 41.8 Å². The predicted octanol–water partition coefficient (Wildman–Crippen LogP) is 1.63. The van der Waals surface area contributed by atoms with Gasteiger partial charge in [0.1, 0.15) is 18.1 Å². The summed E-state index contributed by atoms with van der Waals surface area (Å²) >= 11 is 0. The number of rotatable bonds is 15. The minimum Gasteiger partial charge on any atom is -0.480 e. The van der Waals surface area contributed by atoms with E-state index in [-0.39, 0.29) is 24.7 Å². The van der Waals surface area contributed by atoms with Crippen LogP contribution in [0.1, 0.15) is 51.8 Å². The van der Waals surface area contributed by atoms with Crippen LogP contribution in [0.2, 0.25) is 0 Å². The number of nitrogens with zero attached hydrogens (tertiary/aromatic N) is 1. The van der Waals surface area contributed by atoms with Gasteiger partial charge in [0.15, 0.2) is 0 Å². The van der Waals surface area contributed by atoms with Crippen molar-refractivity contribution in [3.63, 3.8) is 0 Å². The molecule has 0 radical (unpaired) electrons. The van der Waals surface area contributed by atoms with Crippen LogP contribution in [-0.2, 0) is 32.0 Å². The largest absolute Gasteiger partial charge is 0.480 e. The van der Waals surface area contributed by atoms with E-state index in [4.69, 9.17) is 5.73 Å². The van der Waals surface area contributed by atoms with Crippen molar-refractivity contribution in [1.82, 2.24) is 30.9 Å². The molecule has 8 N–H and O–H groups in total. The third-order valence-corrected chi connectivity index (χ3v) is 6.73. The molecule has 2 heterocycles. The zero-order chi connectivity index (χ0) is 30.1. The lowest BCUT2D eigenvalue weighted by atomic mass is 10.00. The number of para-hydroxylation sites is 1. The summed E-state index contributed by atoms with van der Waals surface area (Å²) in [5.41, 5.74) is 8.19. The number of carbonyl (C=O) groups is 4. The normalized spacial score (nSPS) is 14.4. The predicted molar refractivity (Wildman–Crippen MR) is 155 cm³/mol. The molecule has 4 atom stereocenters. The summed E-state index contributed by atoms with van der Waals surface area (Å²) in [6.07, 6.45) is 5.54. The van der Waals surface area contributed by atoms with Gasteiger partial charge in [0.05, 0.1) is 12.4 Å². The molecule has 0 spiro atoms. The van der Waals surface area contributed by atoms with Crippen molar-refractivity contribution in [2.75, 3.05) is 0 Å². The number of carboxylic acids is 1. The van der Waals surface area contributed by atoms with Crippen LogP contribution >= 0.6 is 0 Å². The van der Waals surface area contributed by atoms with Crippen LogP contribution in [0.5, 0.6) is 0 Å². The molecular weight excluding hydrogens is 526 g/mol. The second-order valence-electron chi connectivity index (χ2n) is 11.2. The third kappa shape index (κ3) is 9.17. The highest BCUT2D eigenvalue weighted by Gasteiger charge is 2.31. The average molecular weight is 568 g/mol. The van der Waals surface area contributed by atoms with E-state index in [1.165, 1.54) is 12.5 Å². The topological polar surface area (TPSA) is 195 Å². The van der Waals surface area contributed by atoms with E-state index in [1.807, 2.05) is 52.0 Å². The summed E-state index contributed by atoms with van der Waals surface area (Å²) in [4.78, 5) is 61.8. The van der Waals surface area contributed by atoms with Gasteiger partial charge < -0.3 is 36.8 Å².